The van der Waals surface area contributed by atoms with Crippen LogP contribution >= 0.6 is 11.3 Å². The lowest BCUT2D eigenvalue weighted by atomic mass is 10.3. The maximum absolute atomic E-state index is 12.5. The molecule has 0 bridgehead atoms. The van der Waals surface area contributed by atoms with Crippen LogP contribution in [0, 0.1) is 6.92 Å². The van der Waals surface area contributed by atoms with E-state index < -0.39 is 0 Å². The molecule has 0 atom stereocenters. The molecule has 7 nitrogen and oxygen atoms in total. The molecule has 1 saturated heterocycles. The van der Waals surface area contributed by atoms with Crippen molar-refractivity contribution in [3.8, 4) is 0 Å². The first-order valence-corrected chi connectivity index (χ1v) is 8.95. The lowest BCUT2D eigenvalue weighted by Crippen LogP contribution is -2.50. The number of carbonyl (C=O) groups is 1. The molecule has 1 aromatic carbocycles. The summed E-state index contributed by atoms with van der Waals surface area (Å²) >= 11 is 1.63. The highest BCUT2D eigenvalue weighted by Gasteiger charge is 2.22. The Morgan fingerprint density at radius 2 is 2.04 bits per heavy atom. The number of urea groups is 1. The molecule has 1 aliphatic heterocycles. The van der Waals surface area contributed by atoms with Crippen molar-refractivity contribution in [2.75, 3.05) is 36.4 Å². The topological polar surface area (TPSA) is 74.2 Å². The fourth-order valence-corrected chi connectivity index (χ4v) is 3.78. The molecule has 4 rings (SSSR count). The van der Waals surface area contributed by atoms with Crippen LogP contribution in [0.2, 0.25) is 0 Å². The highest BCUT2D eigenvalue weighted by Crippen LogP contribution is 2.25. The third kappa shape index (κ3) is 3.39. The second kappa shape index (κ2) is 6.64. The number of thiazole rings is 1. The van der Waals surface area contributed by atoms with Gasteiger partial charge in [0.2, 0.25) is 0 Å². The van der Waals surface area contributed by atoms with Crippen molar-refractivity contribution in [2.45, 2.75) is 6.92 Å². The summed E-state index contributed by atoms with van der Waals surface area (Å²) in [6, 6.07) is 5.75. The average molecular weight is 354 g/mol. The SMILES string of the molecule is Cc1nc2ccc(NC(=O)N3CCN(c4cnccn4)CC3)cc2s1. The summed E-state index contributed by atoms with van der Waals surface area (Å²) in [5, 5.41) is 4.01. The van der Waals surface area contributed by atoms with E-state index in [0.717, 1.165) is 39.8 Å². The summed E-state index contributed by atoms with van der Waals surface area (Å²) in [5.74, 6) is 0.855. The van der Waals surface area contributed by atoms with Crippen LogP contribution < -0.4 is 10.2 Å². The molecule has 128 valence electrons. The normalized spacial score (nSPS) is 14.8. The Kier molecular flexibility index (Phi) is 4.19. The number of carbonyl (C=O) groups excluding carboxylic acids is 1. The Morgan fingerprint density at radius 1 is 1.20 bits per heavy atom. The Balaban J connectivity index is 1.38. The van der Waals surface area contributed by atoms with Crippen molar-refractivity contribution in [1.29, 1.82) is 0 Å². The summed E-state index contributed by atoms with van der Waals surface area (Å²) in [6.07, 6.45) is 5.10. The standard InChI is InChI=1S/C17H18N6OS/c1-12-20-14-3-2-13(10-15(14)25-12)21-17(24)23-8-6-22(7-9-23)16-11-18-4-5-19-16/h2-5,10-11H,6-9H2,1H3,(H,21,24). The quantitative estimate of drug-likeness (QED) is 0.766. The van der Waals surface area contributed by atoms with Crippen LogP contribution in [0.1, 0.15) is 5.01 Å². The molecule has 1 fully saturated rings. The van der Waals surface area contributed by atoms with E-state index in [0.29, 0.717) is 13.1 Å². The predicted octanol–water partition coefficient (Wildman–Crippen LogP) is 2.75. The Bertz CT molecular complexity index is 889. The van der Waals surface area contributed by atoms with Gasteiger partial charge in [0.25, 0.3) is 0 Å². The Morgan fingerprint density at radius 3 is 2.80 bits per heavy atom. The van der Waals surface area contributed by atoms with Gasteiger partial charge in [-0.05, 0) is 25.1 Å². The van der Waals surface area contributed by atoms with E-state index >= 15 is 0 Å². The van der Waals surface area contributed by atoms with Gasteiger partial charge in [-0.3, -0.25) is 4.98 Å². The first-order valence-electron chi connectivity index (χ1n) is 8.13. The molecule has 8 heteroatoms. The molecule has 3 heterocycles. The molecule has 2 amide bonds. The van der Waals surface area contributed by atoms with Crippen molar-refractivity contribution in [3.05, 3.63) is 41.8 Å². The van der Waals surface area contributed by atoms with Gasteiger partial charge >= 0.3 is 6.03 Å². The molecule has 0 radical (unpaired) electrons. The summed E-state index contributed by atoms with van der Waals surface area (Å²) < 4.78 is 1.09. The molecule has 25 heavy (non-hydrogen) atoms. The number of aromatic nitrogens is 3. The molecule has 1 N–H and O–H groups in total. The molecule has 0 aliphatic carbocycles. The summed E-state index contributed by atoms with van der Waals surface area (Å²) in [6.45, 7) is 4.80. The molecule has 3 aromatic rings. The summed E-state index contributed by atoms with van der Waals surface area (Å²) in [4.78, 5) is 29.3. The van der Waals surface area contributed by atoms with Crippen LogP contribution in [0.4, 0.5) is 16.3 Å². The van der Waals surface area contributed by atoms with Gasteiger partial charge in [0, 0.05) is 44.3 Å². The molecular weight excluding hydrogens is 336 g/mol. The van der Waals surface area contributed by atoms with Gasteiger partial charge in [-0.25, -0.2) is 14.8 Å². The van der Waals surface area contributed by atoms with Gasteiger partial charge in [-0.1, -0.05) is 0 Å². The van der Waals surface area contributed by atoms with Crippen molar-refractivity contribution in [2.24, 2.45) is 0 Å². The van der Waals surface area contributed by atoms with Gasteiger partial charge in [0.05, 0.1) is 21.4 Å². The zero-order chi connectivity index (χ0) is 17.2. The minimum absolute atomic E-state index is 0.0700. The lowest BCUT2D eigenvalue weighted by molar-refractivity contribution is 0.208. The van der Waals surface area contributed by atoms with E-state index in [1.807, 2.05) is 30.0 Å². The van der Waals surface area contributed by atoms with Gasteiger partial charge in [-0.15, -0.1) is 11.3 Å². The molecule has 2 aromatic heterocycles. The molecular formula is C17H18N6OS. The Labute approximate surface area is 149 Å². The average Bonchev–Trinajstić information content (AvgIpc) is 3.02. The fourth-order valence-electron chi connectivity index (χ4n) is 2.91. The van der Waals surface area contributed by atoms with Crippen molar-refractivity contribution in [3.63, 3.8) is 0 Å². The van der Waals surface area contributed by atoms with E-state index in [1.165, 1.54) is 0 Å². The highest BCUT2D eigenvalue weighted by molar-refractivity contribution is 7.18. The number of fused-ring (bicyclic) bond motifs is 1. The number of benzene rings is 1. The number of anilines is 2. The third-order valence-electron chi connectivity index (χ3n) is 4.19. The van der Waals surface area contributed by atoms with Crippen molar-refractivity contribution < 1.29 is 4.79 Å². The molecule has 0 unspecified atom stereocenters. The van der Waals surface area contributed by atoms with Crippen molar-refractivity contribution in [1.82, 2.24) is 19.9 Å². The van der Waals surface area contributed by atoms with E-state index in [-0.39, 0.29) is 6.03 Å². The fraction of sp³-hybridized carbons (Fsp3) is 0.294. The second-order valence-electron chi connectivity index (χ2n) is 5.88. The predicted molar refractivity (Wildman–Crippen MR) is 99.2 cm³/mol. The van der Waals surface area contributed by atoms with Crippen LogP contribution in [0.25, 0.3) is 10.2 Å². The number of nitrogens with one attached hydrogen (secondary N) is 1. The number of hydrogen-bond acceptors (Lipinski definition) is 6. The molecule has 0 saturated carbocycles. The van der Waals surface area contributed by atoms with Crippen LogP contribution in [0.3, 0.4) is 0 Å². The smallest absolute Gasteiger partial charge is 0.321 e. The summed E-state index contributed by atoms with van der Waals surface area (Å²) in [7, 11) is 0. The third-order valence-corrected chi connectivity index (χ3v) is 5.12. The Hall–Kier alpha value is -2.74. The first-order chi connectivity index (χ1) is 12.2. The van der Waals surface area contributed by atoms with Gasteiger partial charge in [0.1, 0.15) is 5.82 Å². The van der Waals surface area contributed by atoms with Crippen LogP contribution in [-0.4, -0.2) is 52.1 Å². The highest BCUT2D eigenvalue weighted by atomic mass is 32.1. The number of piperazine rings is 1. The number of nitrogens with zero attached hydrogens (tertiary/aromatic N) is 5. The first kappa shape index (κ1) is 15.8. The largest absolute Gasteiger partial charge is 0.352 e. The number of amides is 2. The zero-order valence-corrected chi connectivity index (χ0v) is 14.7. The number of rotatable bonds is 2. The minimum Gasteiger partial charge on any atom is -0.352 e. The summed E-state index contributed by atoms with van der Waals surface area (Å²) in [5.41, 5.74) is 1.77. The number of hydrogen-bond donors (Lipinski definition) is 1. The van der Waals surface area contributed by atoms with Crippen LogP contribution in [-0.2, 0) is 0 Å². The second-order valence-corrected chi connectivity index (χ2v) is 7.12. The van der Waals surface area contributed by atoms with E-state index in [4.69, 9.17) is 0 Å². The molecule has 1 aliphatic rings. The van der Waals surface area contributed by atoms with E-state index in [9.17, 15) is 4.79 Å². The molecule has 0 spiro atoms. The van der Waals surface area contributed by atoms with Gasteiger partial charge in [0.15, 0.2) is 0 Å². The zero-order valence-electron chi connectivity index (χ0n) is 13.8. The van der Waals surface area contributed by atoms with E-state index in [1.54, 1.807) is 29.9 Å². The maximum atomic E-state index is 12.5. The monoisotopic (exact) mass is 354 g/mol. The number of aryl methyl sites for hydroxylation is 1. The van der Waals surface area contributed by atoms with Crippen LogP contribution in [0.15, 0.2) is 36.8 Å². The van der Waals surface area contributed by atoms with Crippen LogP contribution in [0.5, 0.6) is 0 Å². The minimum atomic E-state index is -0.0700. The maximum Gasteiger partial charge on any atom is 0.321 e. The van der Waals surface area contributed by atoms with Crippen molar-refractivity contribution >= 4 is 39.1 Å². The van der Waals surface area contributed by atoms with Gasteiger partial charge in [-0.2, -0.15) is 0 Å². The lowest BCUT2D eigenvalue weighted by Gasteiger charge is -2.35. The van der Waals surface area contributed by atoms with Gasteiger partial charge < -0.3 is 15.1 Å². The van der Waals surface area contributed by atoms with E-state index in [2.05, 4.69) is 25.2 Å².